The van der Waals surface area contributed by atoms with E-state index in [1.54, 1.807) is 0 Å². The molecular weight excluding hydrogens is 186 g/mol. The number of hydrogen-bond acceptors (Lipinski definition) is 2. The summed E-state index contributed by atoms with van der Waals surface area (Å²) in [6.07, 6.45) is 0. The summed E-state index contributed by atoms with van der Waals surface area (Å²) < 4.78 is 0. The molecule has 0 radical (unpaired) electrons. The van der Waals surface area contributed by atoms with Crippen molar-refractivity contribution in [2.24, 2.45) is 0 Å². The summed E-state index contributed by atoms with van der Waals surface area (Å²) in [5.74, 6) is 0. The van der Waals surface area contributed by atoms with Gasteiger partial charge in [0.15, 0.2) is 0 Å². The molecule has 1 N–H and O–H groups in total. The molecule has 15 heavy (non-hydrogen) atoms. The molecule has 2 nitrogen and oxygen atoms in total. The van der Waals surface area contributed by atoms with Crippen LogP contribution in [0.15, 0.2) is 42.5 Å². The molecule has 0 saturated heterocycles. The van der Waals surface area contributed by atoms with Gasteiger partial charge in [0.25, 0.3) is 0 Å². The van der Waals surface area contributed by atoms with Crippen LogP contribution in [0.1, 0.15) is 12.5 Å². The van der Waals surface area contributed by atoms with E-state index in [4.69, 9.17) is 4.84 Å². The summed E-state index contributed by atoms with van der Waals surface area (Å²) in [5, 5.41) is 2.56. The molecular formula is C13H15NO. The first-order valence-corrected chi connectivity index (χ1v) is 5.23. The quantitative estimate of drug-likeness (QED) is 0.606. The number of nitrogens with one attached hydrogen (secondary N) is 1. The number of hydroxylamine groups is 1. The van der Waals surface area contributed by atoms with E-state index < -0.39 is 0 Å². The molecule has 0 aliphatic carbocycles. The predicted octanol–water partition coefficient (Wildman–Crippen LogP) is 2.88. The molecule has 0 atom stereocenters. The Labute approximate surface area is 89.8 Å². The first-order valence-electron chi connectivity index (χ1n) is 5.23. The Morgan fingerprint density at radius 2 is 1.87 bits per heavy atom. The van der Waals surface area contributed by atoms with Crippen LogP contribution in [0.3, 0.4) is 0 Å². The van der Waals surface area contributed by atoms with Crippen molar-refractivity contribution in [1.82, 2.24) is 5.48 Å². The summed E-state index contributed by atoms with van der Waals surface area (Å²) in [6.45, 7) is 3.40. The highest BCUT2D eigenvalue weighted by Crippen LogP contribution is 2.17. The van der Waals surface area contributed by atoms with E-state index >= 15 is 0 Å². The van der Waals surface area contributed by atoms with Crippen LogP contribution in [0.5, 0.6) is 0 Å². The van der Waals surface area contributed by atoms with Crippen molar-refractivity contribution in [3.63, 3.8) is 0 Å². The third-order valence-electron chi connectivity index (χ3n) is 2.39. The maximum absolute atomic E-state index is 5.14. The van der Waals surface area contributed by atoms with Crippen LogP contribution in [0.4, 0.5) is 0 Å². The van der Waals surface area contributed by atoms with Crippen LogP contribution in [0.2, 0.25) is 0 Å². The molecule has 2 aromatic rings. The molecule has 0 spiro atoms. The second-order valence-corrected chi connectivity index (χ2v) is 3.39. The lowest BCUT2D eigenvalue weighted by atomic mass is 10.1. The zero-order valence-corrected chi connectivity index (χ0v) is 8.86. The van der Waals surface area contributed by atoms with Gasteiger partial charge < -0.3 is 4.84 Å². The lowest BCUT2D eigenvalue weighted by Crippen LogP contribution is -2.13. The first-order chi connectivity index (χ1) is 7.42. The van der Waals surface area contributed by atoms with E-state index in [2.05, 4.69) is 47.9 Å². The summed E-state index contributed by atoms with van der Waals surface area (Å²) >= 11 is 0. The Morgan fingerprint density at radius 1 is 1.07 bits per heavy atom. The van der Waals surface area contributed by atoms with Crippen molar-refractivity contribution in [2.45, 2.75) is 13.5 Å². The van der Waals surface area contributed by atoms with Crippen molar-refractivity contribution < 1.29 is 4.84 Å². The zero-order valence-electron chi connectivity index (χ0n) is 8.86. The van der Waals surface area contributed by atoms with E-state index in [1.165, 1.54) is 16.3 Å². The number of benzene rings is 2. The van der Waals surface area contributed by atoms with Gasteiger partial charge >= 0.3 is 0 Å². The fourth-order valence-electron chi connectivity index (χ4n) is 1.68. The van der Waals surface area contributed by atoms with Gasteiger partial charge in [-0.1, -0.05) is 42.5 Å². The van der Waals surface area contributed by atoms with Crippen molar-refractivity contribution in [3.8, 4) is 0 Å². The fraction of sp³-hybridized carbons (Fsp3) is 0.231. The first kappa shape index (κ1) is 10.1. The van der Waals surface area contributed by atoms with Gasteiger partial charge in [-0.15, -0.1) is 0 Å². The highest BCUT2D eigenvalue weighted by atomic mass is 16.6. The Hall–Kier alpha value is -1.38. The number of hydrogen-bond donors (Lipinski definition) is 1. The normalized spacial score (nSPS) is 10.7. The monoisotopic (exact) mass is 201 g/mol. The van der Waals surface area contributed by atoms with Crippen LogP contribution in [-0.4, -0.2) is 6.61 Å². The van der Waals surface area contributed by atoms with E-state index in [0.717, 1.165) is 6.54 Å². The average Bonchev–Trinajstić information content (AvgIpc) is 2.30. The van der Waals surface area contributed by atoms with Crippen LogP contribution in [-0.2, 0) is 11.4 Å². The Bertz CT molecular complexity index is 434. The number of fused-ring (bicyclic) bond motifs is 1. The molecule has 0 aromatic heterocycles. The molecule has 0 heterocycles. The molecule has 0 aliphatic heterocycles. The van der Waals surface area contributed by atoms with Crippen molar-refractivity contribution in [2.75, 3.05) is 6.61 Å². The number of rotatable bonds is 4. The largest absolute Gasteiger partial charge is 0.302 e. The molecule has 0 saturated carbocycles. The van der Waals surface area contributed by atoms with Crippen LogP contribution >= 0.6 is 0 Å². The van der Waals surface area contributed by atoms with Gasteiger partial charge in [0, 0.05) is 6.54 Å². The molecule has 0 bridgehead atoms. The van der Waals surface area contributed by atoms with Gasteiger partial charge in [0.2, 0.25) is 0 Å². The van der Waals surface area contributed by atoms with Crippen molar-refractivity contribution >= 4 is 10.8 Å². The van der Waals surface area contributed by atoms with Crippen molar-refractivity contribution in [1.29, 1.82) is 0 Å². The molecule has 78 valence electrons. The van der Waals surface area contributed by atoms with E-state index in [9.17, 15) is 0 Å². The van der Waals surface area contributed by atoms with E-state index in [0.29, 0.717) is 6.61 Å². The summed E-state index contributed by atoms with van der Waals surface area (Å²) in [7, 11) is 0. The van der Waals surface area contributed by atoms with E-state index in [-0.39, 0.29) is 0 Å². The molecule has 2 rings (SSSR count). The zero-order chi connectivity index (χ0) is 10.5. The Morgan fingerprint density at radius 3 is 2.73 bits per heavy atom. The van der Waals surface area contributed by atoms with Crippen molar-refractivity contribution in [3.05, 3.63) is 48.0 Å². The third-order valence-corrected chi connectivity index (χ3v) is 2.39. The van der Waals surface area contributed by atoms with Gasteiger partial charge in [-0.3, -0.25) is 0 Å². The molecule has 0 aliphatic rings. The lowest BCUT2D eigenvalue weighted by Gasteiger charge is -2.07. The second-order valence-electron chi connectivity index (χ2n) is 3.39. The standard InChI is InChI=1S/C13H15NO/c1-2-15-14-10-12-8-5-7-11-6-3-4-9-13(11)12/h3-9,14H,2,10H2,1H3. The highest BCUT2D eigenvalue weighted by Gasteiger charge is 1.98. The minimum Gasteiger partial charge on any atom is -0.302 e. The molecule has 0 amide bonds. The maximum Gasteiger partial charge on any atom is 0.0654 e. The fourth-order valence-corrected chi connectivity index (χ4v) is 1.68. The molecule has 2 heteroatoms. The highest BCUT2D eigenvalue weighted by molar-refractivity contribution is 5.85. The predicted molar refractivity (Wildman–Crippen MR) is 62.4 cm³/mol. The summed E-state index contributed by atoms with van der Waals surface area (Å²) in [5.41, 5.74) is 4.21. The minimum absolute atomic E-state index is 0.685. The Kier molecular flexibility index (Phi) is 3.33. The average molecular weight is 201 g/mol. The third kappa shape index (κ3) is 2.35. The molecule has 2 aromatic carbocycles. The van der Waals surface area contributed by atoms with Crippen LogP contribution < -0.4 is 5.48 Å². The van der Waals surface area contributed by atoms with Gasteiger partial charge in [-0.25, -0.2) is 0 Å². The smallest absolute Gasteiger partial charge is 0.0654 e. The topological polar surface area (TPSA) is 21.3 Å². The maximum atomic E-state index is 5.14. The second kappa shape index (κ2) is 4.91. The summed E-state index contributed by atoms with van der Waals surface area (Å²) in [4.78, 5) is 5.14. The van der Waals surface area contributed by atoms with Gasteiger partial charge in [-0.2, -0.15) is 5.48 Å². The van der Waals surface area contributed by atoms with E-state index in [1.807, 2.05) is 6.92 Å². The molecule has 0 fully saturated rings. The van der Waals surface area contributed by atoms with Gasteiger partial charge in [-0.05, 0) is 23.3 Å². The molecule has 0 unspecified atom stereocenters. The SMILES string of the molecule is CCONCc1cccc2ccccc12. The van der Waals surface area contributed by atoms with Crippen LogP contribution in [0, 0.1) is 0 Å². The lowest BCUT2D eigenvalue weighted by molar-refractivity contribution is 0.0466. The summed E-state index contributed by atoms with van der Waals surface area (Å²) in [6, 6.07) is 14.7. The van der Waals surface area contributed by atoms with Gasteiger partial charge in [0.1, 0.15) is 0 Å². The minimum atomic E-state index is 0.685. The van der Waals surface area contributed by atoms with Gasteiger partial charge in [0.05, 0.1) is 6.61 Å². The van der Waals surface area contributed by atoms with Crippen LogP contribution in [0.25, 0.3) is 10.8 Å². The Balaban J connectivity index is 2.26.